The summed E-state index contributed by atoms with van der Waals surface area (Å²) in [5.41, 5.74) is 4.19. The molecule has 3 aliphatic carbocycles. The van der Waals surface area contributed by atoms with Crippen LogP contribution in [0.2, 0.25) is 0 Å². The highest BCUT2D eigenvalue weighted by molar-refractivity contribution is 5.40. The standard InChI is InChI=1S/C30H44O3/c1-6-30(33,7-2)18-9-8-11-21(3)26-15-16-27-23(12-10-17-29(26,27)5)13-14-24-19-25(31)20-28(32)22(24)4/h13-15,21,25,27-28,31-33H,4,6-8,10-12,16-17,19-20H2,1-3,5H3/b23-13+,24-14-/t21-,25?,27-,28?,29+/m0/s1. The second-order valence-corrected chi connectivity index (χ2v) is 10.8. The predicted molar refractivity (Wildman–Crippen MR) is 136 cm³/mol. The lowest BCUT2D eigenvalue weighted by Gasteiger charge is -2.42. The van der Waals surface area contributed by atoms with Gasteiger partial charge in [0.2, 0.25) is 0 Å². The van der Waals surface area contributed by atoms with Gasteiger partial charge in [-0.15, -0.1) is 5.92 Å². The topological polar surface area (TPSA) is 60.7 Å². The highest BCUT2D eigenvalue weighted by Crippen LogP contribution is 2.57. The van der Waals surface area contributed by atoms with E-state index in [9.17, 15) is 15.3 Å². The quantitative estimate of drug-likeness (QED) is 0.341. The van der Waals surface area contributed by atoms with E-state index in [4.69, 9.17) is 0 Å². The van der Waals surface area contributed by atoms with Gasteiger partial charge in [-0.25, -0.2) is 0 Å². The Balaban J connectivity index is 1.69. The molecule has 3 aliphatic rings. The Hall–Kier alpha value is -1.60. The second kappa shape index (κ2) is 10.8. The highest BCUT2D eigenvalue weighted by atomic mass is 16.3. The molecule has 5 atom stereocenters. The lowest BCUT2D eigenvalue weighted by atomic mass is 9.62. The molecule has 0 radical (unpaired) electrons. The molecule has 3 N–H and O–H groups in total. The first-order valence-electron chi connectivity index (χ1n) is 13.0. The van der Waals surface area contributed by atoms with Gasteiger partial charge in [0, 0.05) is 12.8 Å². The zero-order valence-electron chi connectivity index (χ0n) is 21.2. The van der Waals surface area contributed by atoms with Crippen molar-refractivity contribution in [3.63, 3.8) is 0 Å². The van der Waals surface area contributed by atoms with Crippen LogP contribution in [0, 0.1) is 29.1 Å². The SMILES string of the molecule is C=C1/C(=C\C=C2/CCC[C@]3(C)C([C@@H](C)CCC#CC(O)(CC)CC)=CC[C@@H]23)CC(O)CC1O. The van der Waals surface area contributed by atoms with E-state index in [-0.39, 0.29) is 5.41 Å². The first-order chi connectivity index (χ1) is 15.6. The van der Waals surface area contributed by atoms with E-state index in [1.165, 1.54) is 18.4 Å². The number of fused-ring (bicyclic) bond motifs is 1. The Bertz CT molecular complexity index is 876. The van der Waals surface area contributed by atoms with Crippen molar-refractivity contribution < 1.29 is 15.3 Å². The van der Waals surface area contributed by atoms with Crippen LogP contribution in [0.15, 0.2) is 47.1 Å². The van der Waals surface area contributed by atoms with Crippen molar-refractivity contribution in [3.8, 4) is 11.8 Å². The van der Waals surface area contributed by atoms with Crippen LogP contribution in [-0.2, 0) is 0 Å². The van der Waals surface area contributed by atoms with Gasteiger partial charge in [0.15, 0.2) is 0 Å². The van der Waals surface area contributed by atoms with Crippen LogP contribution >= 0.6 is 0 Å². The van der Waals surface area contributed by atoms with Gasteiger partial charge < -0.3 is 15.3 Å². The average molecular weight is 453 g/mol. The first kappa shape index (κ1) is 26.0. The minimum Gasteiger partial charge on any atom is -0.393 e. The van der Waals surface area contributed by atoms with Gasteiger partial charge in [-0.3, -0.25) is 0 Å². The molecule has 0 heterocycles. The summed E-state index contributed by atoms with van der Waals surface area (Å²) in [5.74, 6) is 7.37. The van der Waals surface area contributed by atoms with Crippen molar-refractivity contribution in [2.24, 2.45) is 17.3 Å². The summed E-state index contributed by atoms with van der Waals surface area (Å²) < 4.78 is 0. The van der Waals surface area contributed by atoms with Gasteiger partial charge >= 0.3 is 0 Å². The number of hydrogen-bond acceptors (Lipinski definition) is 3. The second-order valence-electron chi connectivity index (χ2n) is 10.8. The summed E-state index contributed by atoms with van der Waals surface area (Å²) in [6, 6.07) is 0. The van der Waals surface area contributed by atoms with Crippen molar-refractivity contribution in [2.75, 3.05) is 0 Å². The average Bonchev–Trinajstić information content (AvgIpc) is 3.15. The minimum atomic E-state index is -0.833. The van der Waals surface area contributed by atoms with E-state index in [0.29, 0.717) is 37.5 Å². The first-order valence-corrected chi connectivity index (χ1v) is 13.0. The maximum absolute atomic E-state index is 10.4. The molecule has 0 spiro atoms. The summed E-state index contributed by atoms with van der Waals surface area (Å²) in [4.78, 5) is 0. The summed E-state index contributed by atoms with van der Waals surface area (Å²) >= 11 is 0. The minimum absolute atomic E-state index is 0.200. The molecule has 0 aromatic heterocycles. The van der Waals surface area contributed by atoms with E-state index in [1.807, 2.05) is 13.8 Å². The molecule has 182 valence electrons. The van der Waals surface area contributed by atoms with Crippen LogP contribution in [0.5, 0.6) is 0 Å². The molecular weight excluding hydrogens is 408 g/mol. The molecular formula is C30H44O3. The third-order valence-corrected chi connectivity index (χ3v) is 8.60. The van der Waals surface area contributed by atoms with E-state index in [1.54, 1.807) is 5.57 Å². The van der Waals surface area contributed by atoms with E-state index in [0.717, 1.165) is 36.8 Å². The van der Waals surface area contributed by atoms with Gasteiger partial charge in [-0.05, 0) is 79.8 Å². The third-order valence-electron chi connectivity index (χ3n) is 8.60. The van der Waals surface area contributed by atoms with Crippen molar-refractivity contribution in [1.29, 1.82) is 0 Å². The van der Waals surface area contributed by atoms with Crippen LogP contribution < -0.4 is 0 Å². The smallest absolute Gasteiger partial charge is 0.125 e. The fraction of sp³-hybridized carbons (Fsp3) is 0.667. The van der Waals surface area contributed by atoms with Crippen LogP contribution in [0.3, 0.4) is 0 Å². The number of aliphatic hydroxyl groups excluding tert-OH is 2. The number of aliphatic hydroxyl groups is 3. The number of rotatable bonds is 6. The van der Waals surface area contributed by atoms with Crippen molar-refractivity contribution in [3.05, 3.63) is 47.1 Å². The van der Waals surface area contributed by atoms with Gasteiger partial charge in [0.1, 0.15) is 5.60 Å². The Morgan fingerprint density at radius 3 is 2.70 bits per heavy atom. The molecule has 2 saturated carbocycles. The number of hydrogen-bond donors (Lipinski definition) is 3. The molecule has 3 heteroatoms. The molecule has 33 heavy (non-hydrogen) atoms. The molecule has 0 bridgehead atoms. The zero-order chi connectivity index (χ0) is 24.2. The lowest BCUT2D eigenvalue weighted by Crippen LogP contribution is -2.32. The van der Waals surface area contributed by atoms with E-state index >= 15 is 0 Å². The fourth-order valence-corrected chi connectivity index (χ4v) is 6.18. The monoisotopic (exact) mass is 452 g/mol. The molecule has 0 amide bonds. The molecule has 3 nitrogen and oxygen atoms in total. The maximum atomic E-state index is 10.4. The summed E-state index contributed by atoms with van der Waals surface area (Å²) in [6.45, 7) is 12.8. The Labute approximate surface area is 201 Å². The molecule has 0 aromatic carbocycles. The Morgan fingerprint density at radius 2 is 2.00 bits per heavy atom. The fourth-order valence-electron chi connectivity index (χ4n) is 6.18. The maximum Gasteiger partial charge on any atom is 0.125 e. The van der Waals surface area contributed by atoms with Gasteiger partial charge in [-0.1, -0.05) is 69.6 Å². The largest absolute Gasteiger partial charge is 0.393 e. The summed E-state index contributed by atoms with van der Waals surface area (Å²) in [7, 11) is 0. The van der Waals surface area contributed by atoms with Crippen LogP contribution in [0.4, 0.5) is 0 Å². The summed E-state index contributed by atoms with van der Waals surface area (Å²) in [5, 5.41) is 30.6. The van der Waals surface area contributed by atoms with Gasteiger partial charge in [0.05, 0.1) is 12.2 Å². The third kappa shape index (κ3) is 5.73. The Morgan fingerprint density at radius 1 is 1.27 bits per heavy atom. The normalized spacial score (nSPS) is 33.5. The summed E-state index contributed by atoms with van der Waals surface area (Å²) in [6.07, 6.45) is 14.5. The molecule has 0 aliphatic heterocycles. The van der Waals surface area contributed by atoms with Gasteiger partial charge in [-0.2, -0.15) is 0 Å². The van der Waals surface area contributed by atoms with Crippen molar-refractivity contribution in [2.45, 2.75) is 110 Å². The van der Waals surface area contributed by atoms with Crippen LogP contribution in [0.1, 0.15) is 91.9 Å². The number of allylic oxidation sites excluding steroid dienone is 5. The van der Waals surface area contributed by atoms with E-state index in [2.05, 4.69) is 50.5 Å². The van der Waals surface area contributed by atoms with E-state index < -0.39 is 17.8 Å². The molecule has 2 fully saturated rings. The predicted octanol–water partition coefficient (Wildman–Crippen LogP) is 6.02. The highest BCUT2D eigenvalue weighted by Gasteiger charge is 2.45. The van der Waals surface area contributed by atoms with Crippen molar-refractivity contribution in [1.82, 2.24) is 0 Å². The van der Waals surface area contributed by atoms with Crippen LogP contribution in [-0.4, -0.2) is 33.1 Å². The lowest BCUT2D eigenvalue weighted by molar-refractivity contribution is 0.0862. The zero-order valence-corrected chi connectivity index (χ0v) is 21.2. The molecule has 0 saturated heterocycles. The van der Waals surface area contributed by atoms with Crippen molar-refractivity contribution >= 4 is 0 Å². The molecule has 3 rings (SSSR count). The van der Waals surface area contributed by atoms with Crippen LogP contribution in [0.25, 0.3) is 0 Å². The molecule has 0 aromatic rings. The Kier molecular flexibility index (Phi) is 8.49. The van der Waals surface area contributed by atoms with Gasteiger partial charge in [0.25, 0.3) is 0 Å². The molecule has 2 unspecified atom stereocenters.